The average Bonchev–Trinajstić information content (AvgIpc) is 3.14. The van der Waals surface area contributed by atoms with E-state index in [1.54, 1.807) is 10.9 Å². The molecule has 1 aliphatic heterocycles. The van der Waals surface area contributed by atoms with Crippen molar-refractivity contribution in [1.29, 1.82) is 0 Å². The van der Waals surface area contributed by atoms with Crippen LogP contribution in [-0.2, 0) is 11.8 Å². The van der Waals surface area contributed by atoms with Gasteiger partial charge in [-0.2, -0.15) is 5.10 Å². The minimum Gasteiger partial charge on any atom is -0.492 e. The summed E-state index contributed by atoms with van der Waals surface area (Å²) in [7, 11) is 1.82. The summed E-state index contributed by atoms with van der Waals surface area (Å²) >= 11 is 6.42. The Morgan fingerprint density at radius 1 is 1.12 bits per heavy atom. The number of carbonyl (C=O) groups is 1. The highest BCUT2D eigenvalue weighted by Gasteiger charge is 2.17. The molecule has 4 rings (SSSR count). The SMILES string of the molecule is Cc1ccc(NC(=O)Nc2ccc(OCCN3CCOCC3)c(-c3c(Cl)cnn3C)c2)cc1. The molecule has 8 nitrogen and oxygen atoms in total. The van der Waals surface area contributed by atoms with Gasteiger partial charge in [-0.1, -0.05) is 29.3 Å². The summed E-state index contributed by atoms with van der Waals surface area (Å²) in [5.74, 6) is 0.679. The highest BCUT2D eigenvalue weighted by atomic mass is 35.5. The zero-order chi connectivity index (χ0) is 23.2. The third-order valence-corrected chi connectivity index (χ3v) is 5.74. The van der Waals surface area contributed by atoms with Crippen LogP contribution in [0.4, 0.5) is 16.2 Å². The second kappa shape index (κ2) is 10.7. The third-order valence-electron chi connectivity index (χ3n) is 5.46. The van der Waals surface area contributed by atoms with Crippen LogP contribution in [0.2, 0.25) is 5.02 Å². The molecule has 9 heteroatoms. The molecular weight excluding hydrogens is 442 g/mol. The molecule has 1 fully saturated rings. The van der Waals surface area contributed by atoms with Gasteiger partial charge in [-0.25, -0.2) is 4.79 Å². The van der Waals surface area contributed by atoms with Crippen molar-refractivity contribution in [2.45, 2.75) is 6.92 Å². The van der Waals surface area contributed by atoms with E-state index in [2.05, 4.69) is 20.6 Å². The maximum atomic E-state index is 12.5. The number of hydrogen-bond donors (Lipinski definition) is 2. The Morgan fingerprint density at radius 2 is 1.82 bits per heavy atom. The predicted octanol–water partition coefficient (Wildman–Crippen LogP) is 4.40. The van der Waals surface area contributed by atoms with E-state index in [9.17, 15) is 4.79 Å². The van der Waals surface area contributed by atoms with E-state index in [1.165, 1.54) is 0 Å². The van der Waals surface area contributed by atoms with E-state index in [0.29, 0.717) is 23.1 Å². The van der Waals surface area contributed by atoms with Crippen molar-refractivity contribution in [3.05, 3.63) is 59.2 Å². The molecule has 1 aliphatic rings. The van der Waals surface area contributed by atoms with Crippen molar-refractivity contribution >= 4 is 29.0 Å². The molecule has 2 amide bonds. The zero-order valence-corrected chi connectivity index (χ0v) is 19.6. The van der Waals surface area contributed by atoms with Crippen LogP contribution in [0.15, 0.2) is 48.7 Å². The van der Waals surface area contributed by atoms with Crippen LogP contribution in [0.3, 0.4) is 0 Å². The summed E-state index contributed by atoms with van der Waals surface area (Å²) in [5.41, 5.74) is 3.95. The lowest BCUT2D eigenvalue weighted by atomic mass is 10.1. The molecule has 2 heterocycles. The Bertz CT molecular complexity index is 1070. The fourth-order valence-electron chi connectivity index (χ4n) is 3.67. The van der Waals surface area contributed by atoms with E-state index >= 15 is 0 Å². The lowest BCUT2D eigenvalue weighted by Crippen LogP contribution is -2.38. The number of rotatable bonds is 7. The predicted molar refractivity (Wildman–Crippen MR) is 130 cm³/mol. The van der Waals surface area contributed by atoms with Crippen LogP contribution >= 0.6 is 11.6 Å². The first-order valence-corrected chi connectivity index (χ1v) is 11.3. The molecular formula is C24H28ClN5O3. The van der Waals surface area contributed by atoms with Gasteiger partial charge in [0.15, 0.2) is 0 Å². The Kier molecular flexibility index (Phi) is 7.49. The number of urea groups is 1. The van der Waals surface area contributed by atoms with E-state index in [1.807, 2.05) is 56.4 Å². The van der Waals surface area contributed by atoms with Gasteiger partial charge in [-0.15, -0.1) is 0 Å². The minimum absolute atomic E-state index is 0.332. The molecule has 0 atom stereocenters. The number of benzene rings is 2. The molecule has 0 spiro atoms. The van der Waals surface area contributed by atoms with E-state index in [-0.39, 0.29) is 6.03 Å². The van der Waals surface area contributed by atoms with Crippen molar-refractivity contribution in [3.63, 3.8) is 0 Å². The Hall–Kier alpha value is -3.07. The van der Waals surface area contributed by atoms with Gasteiger partial charge in [0.25, 0.3) is 0 Å². The molecule has 174 valence electrons. The second-order valence-electron chi connectivity index (χ2n) is 7.92. The van der Waals surface area contributed by atoms with Crippen molar-refractivity contribution in [2.24, 2.45) is 7.05 Å². The first-order chi connectivity index (χ1) is 16.0. The minimum atomic E-state index is -0.332. The van der Waals surface area contributed by atoms with Gasteiger partial charge in [0.05, 0.1) is 30.1 Å². The van der Waals surface area contributed by atoms with Gasteiger partial charge in [0.2, 0.25) is 0 Å². The summed E-state index contributed by atoms with van der Waals surface area (Å²) in [4.78, 5) is 14.8. The number of anilines is 2. The summed E-state index contributed by atoms with van der Waals surface area (Å²) < 4.78 is 13.2. The maximum absolute atomic E-state index is 12.5. The monoisotopic (exact) mass is 469 g/mol. The number of halogens is 1. The highest BCUT2D eigenvalue weighted by molar-refractivity contribution is 6.33. The molecule has 1 aromatic heterocycles. The van der Waals surface area contributed by atoms with E-state index < -0.39 is 0 Å². The number of carbonyl (C=O) groups excluding carboxylic acids is 1. The van der Waals surface area contributed by atoms with Gasteiger partial charge < -0.3 is 20.1 Å². The Labute approximate surface area is 198 Å². The molecule has 2 aromatic carbocycles. The van der Waals surface area contributed by atoms with Gasteiger partial charge in [-0.05, 0) is 37.3 Å². The number of morpholine rings is 1. The van der Waals surface area contributed by atoms with Crippen LogP contribution in [0.25, 0.3) is 11.3 Å². The third kappa shape index (κ3) is 6.04. The largest absolute Gasteiger partial charge is 0.492 e. The molecule has 33 heavy (non-hydrogen) atoms. The van der Waals surface area contributed by atoms with Crippen molar-refractivity contribution in [3.8, 4) is 17.0 Å². The van der Waals surface area contributed by atoms with Crippen LogP contribution in [0.1, 0.15) is 5.56 Å². The van der Waals surface area contributed by atoms with Gasteiger partial charge >= 0.3 is 6.03 Å². The molecule has 0 saturated carbocycles. The molecule has 2 N–H and O–H groups in total. The molecule has 0 unspecified atom stereocenters. The molecule has 0 aliphatic carbocycles. The number of ether oxygens (including phenoxy) is 2. The molecule has 3 aromatic rings. The Morgan fingerprint density at radius 3 is 2.52 bits per heavy atom. The van der Waals surface area contributed by atoms with Crippen LogP contribution in [0.5, 0.6) is 5.75 Å². The van der Waals surface area contributed by atoms with E-state index in [4.69, 9.17) is 21.1 Å². The smallest absolute Gasteiger partial charge is 0.323 e. The van der Waals surface area contributed by atoms with E-state index in [0.717, 1.165) is 55.4 Å². The first-order valence-electron chi connectivity index (χ1n) is 10.9. The molecule has 1 saturated heterocycles. The summed E-state index contributed by atoms with van der Waals surface area (Å²) in [6.45, 7) is 6.65. The standard InChI is InChI=1S/C24H28ClN5O3/c1-17-3-5-18(6-4-17)27-24(31)28-19-7-8-22(33-14-11-30-9-12-32-13-10-30)20(15-19)23-21(25)16-26-29(23)2/h3-8,15-16H,9-14H2,1-2H3,(H2,27,28,31). The maximum Gasteiger partial charge on any atom is 0.323 e. The molecule has 0 bridgehead atoms. The van der Waals surface area contributed by atoms with Gasteiger partial charge in [-0.3, -0.25) is 9.58 Å². The number of nitrogens with zero attached hydrogens (tertiary/aromatic N) is 3. The fourth-order valence-corrected chi connectivity index (χ4v) is 3.94. The second-order valence-corrected chi connectivity index (χ2v) is 8.33. The summed E-state index contributed by atoms with van der Waals surface area (Å²) in [6.07, 6.45) is 1.60. The van der Waals surface area contributed by atoms with Crippen molar-refractivity contribution < 1.29 is 14.3 Å². The lowest BCUT2D eigenvalue weighted by molar-refractivity contribution is 0.0323. The summed E-state index contributed by atoms with van der Waals surface area (Å²) in [5, 5.41) is 10.5. The fraction of sp³-hybridized carbons (Fsp3) is 0.333. The topological polar surface area (TPSA) is 80.7 Å². The van der Waals surface area contributed by atoms with Gasteiger partial charge in [0, 0.05) is 43.6 Å². The molecule has 0 radical (unpaired) electrons. The highest BCUT2D eigenvalue weighted by Crippen LogP contribution is 2.36. The summed E-state index contributed by atoms with van der Waals surface area (Å²) in [6, 6.07) is 12.8. The van der Waals surface area contributed by atoms with Gasteiger partial charge in [0.1, 0.15) is 12.4 Å². The number of nitrogens with one attached hydrogen (secondary N) is 2. The average molecular weight is 470 g/mol. The lowest BCUT2D eigenvalue weighted by Gasteiger charge is -2.26. The van der Waals surface area contributed by atoms with Crippen LogP contribution < -0.4 is 15.4 Å². The number of aromatic nitrogens is 2. The first kappa shape index (κ1) is 23.1. The number of hydrogen-bond acceptors (Lipinski definition) is 5. The van der Waals surface area contributed by atoms with Crippen LogP contribution in [-0.4, -0.2) is 60.2 Å². The zero-order valence-electron chi connectivity index (χ0n) is 18.8. The van der Waals surface area contributed by atoms with Crippen LogP contribution in [0, 0.1) is 6.92 Å². The normalized spacial score (nSPS) is 14.2. The van der Waals surface area contributed by atoms with Crippen molar-refractivity contribution in [2.75, 3.05) is 50.1 Å². The van der Waals surface area contributed by atoms with Crippen molar-refractivity contribution in [1.82, 2.24) is 14.7 Å². The quantitative estimate of drug-likeness (QED) is 0.536. The Balaban J connectivity index is 1.49. The number of amides is 2. The number of aryl methyl sites for hydroxylation is 2.